The zero-order valence-electron chi connectivity index (χ0n) is 6.87. The zero-order chi connectivity index (χ0) is 10.6. The third kappa shape index (κ3) is 2.90. The first-order valence-corrected chi connectivity index (χ1v) is 4.32. The van der Waals surface area contributed by atoms with Crippen LogP contribution < -0.4 is 5.32 Å². The molecule has 0 aliphatic heterocycles. The van der Waals surface area contributed by atoms with Crippen LogP contribution in [-0.4, -0.2) is 17.3 Å². The fourth-order valence-corrected chi connectivity index (χ4v) is 1.15. The van der Waals surface area contributed by atoms with Crippen LogP contribution in [0.4, 0.5) is 5.69 Å². The molecule has 74 valence electrons. The van der Waals surface area contributed by atoms with Gasteiger partial charge < -0.3 is 10.5 Å². The molecule has 0 aromatic heterocycles. The summed E-state index contributed by atoms with van der Waals surface area (Å²) in [5.41, 5.74) is 0.365. The number of benzene rings is 1. The Morgan fingerprint density at radius 2 is 2.21 bits per heavy atom. The summed E-state index contributed by atoms with van der Waals surface area (Å²) in [5.74, 6) is -0.586. The molecule has 0 atom stereocenters. The van der Waals surface area contributed by atoms with Gasteiger partial charge in [0.15, 0.2) is 0 Å². The van der Waals surface area contributed by atoms with Crippen LogP contribution in [0.25, 0.3) is 0 Å². The number of carbonyl (C=O) groups is 1. The van der Waals surface area contributed by atoms with E-state index in [2.05, 4.69) is 10.5 Å². The minimum atomic E-state index is -0.586. The molecule has 1 amide bonds. The van der Waals surface area contributed by atoms with Crippen LogP contribution in [0.1, 0.15) is 0 Å². The van der Waals surface area contributed by atoms with Crippen molar-refractivity contribution in [2.45, 2.75) is 0 Å². The van der Waals surface area contributed by atoms with Crippen LogP contribution in [0.5, 0.6) is 0 Å². The first kappa shape index (κ1) is 10.8. The molecule has 1 rings (SSSR count). The molecule has 6 heteroatoms. The van der Waals surface area contributed by atoms with Crippen molar-refractivity contribution < 1.29 is 10.0 Å². The van der Waals surface area contributed by atoms with Crippen LogP contribution in [0.3, 0.4) is 0 Å². The number of carbonyl (C=O) groups excluding carboxylic acids is 1. The molecule has 4 nitrogen and oxygen atoms in total. The Kier molecular flexibility index (Phi) is 3.73. The van der Waals surface area contributed by atoms with Gasteiger partial charge in [0.25, 0.3) is 5.91 Å². The average Bonchev–Trinajstić information content (AvgIpc) is 2.12. The van der Waals surface area contributed by atoms with E-state index in [1.807, 2.05) is 0 Å². The minimum absolute atomic E-state index is 0.356. The molecule has 0 saturated heterocycles. The Morgan fingerprint density at radius 3 is 2.86 bits per heavy atom. The number of amides is 1. The maximum absolute atomic E-state index is 11.0. The lowest BCUT2D eigenvalue weighted by Crippen LogP contribution is -2.12. The monoisotopic (exact) mass is 232 g/mol. The van der Waals surface area contributed by atoms with Crippen molar-refractivity contribution in [1.29, 1.82) is 0 Å². The smallest absolute Gasteiger partial charge is 0.270 e. The molecule has 0 unspecified atom stereocenters. The van der Waals surface area contributed by atoms with E-state index in [4.69, 9.17) is 28.4 Å². The van der Waals surface area contributed by atoms with Crippen LogP contribution in [0.15, 0.2) is 23.4 Å². The van der Waals surface area contributed by atoms with Crippen molar-refractivity contribution in [2.75, 3.05) is 5.32 Å². The van der Waals surface area contributed by atoms with Gasteiger partial charge in [-0.05, 0) is 18.2 Å². The molecule has 0 radical (unpaired) electrons. The third-order valence-corrected chi connectivity index (χ3v) is 1.93. The summed E-state index contributed by atoms with van der Waals surface area (Å²) in [6, 6.07) is 4.64. The van der Waals surface area contributed by atoms with Crippen molar-refractivity contribution in [3.8, 4) is 0 Å². The van der Waals surface area contributed by atoms with Crippen molar-refractivity contribution in [3.63, 3.8) is 0 Å². The summed E-state index contributed by atoms with van der Waals surface area (Å²) in [4.78, 5) is 11.0. The molecular formula is C8H6Cl2N2O2. The van der Waals surface area contributed by atoms with Gasteiger partial charge in [0.05, 0.1) is 10.7 Å². The van der Waals surface area contributed by atoms with Crippen LogP contribution in [0.2, 0.25) is 10.0 Å². The van der Waals surface area contributed by atoms with E-state index in [0.29, 0.717) is 15.7 Å². The highest BCUT2D eigenvalue weighted by atomic mass is 35.5. The summed E-state index contributed by atoms with van der Waals surface area (Å²) in [7, 11) is 0. The number of oxime groups is 1. The van der Waals surface area contributed by atoms with Gasteiger partial charge in [-0.15, -0.1) is 0 Å². The lowest BCUT2D eigenvalue weighted by molar-refractivity contribution is -0.110. The van der Waals surface area contributed by atoms with E-state index < -0.39 is 5.91 Å². The van der Waals surface area contributed by atoms with Crippen molar-refractivity contribution >= 4 is 41.0 Å². The van der Waals surface area contributed by atoms with E-state index in [1.165, 1.54) is 6.07 Å². The van der Waals surface area contributed by atoms with Gasteiger partial charge >= 0.3 is 0 Å². The molecule has 0 spiro atoms. The van der Waals surface area contributed by atoms with E-state index in [0.717, 1.165) is 6.21 Å². The first-order valence-electron chi connectivity index (χ1n) is 3.57. The summed E-state index contributed by atoms with van der Waals surface area (Å²) >= 11 is 11.4. The maximum atomic E-state index is 11.0. The predicted octanol–water partition coefficient (Wildman–Crippen LogP) is 2.39. The van der Waals surface area contributed by atoms with Gasteiger partial charge in [-0.2, -0.15) is 0 Å². The van der Waals surface area contributed by atoms with Gasteiger partial charge in [0.1, 0.15) is 6.21 Å². The van der Waals surface area contributed by atoms with Crippen molar-refractivity contribution in [2.24, 2.45) is 5.16 Å². The standard InChI is InChI=1S/C8H6Cl2N2O2/c9-5-1-2-6(10)7(3-5)12-8(13)4-11-14/h1-4,14H,(H,12,13). The molecule has 0 fully saturated rings. The third-order valence-electron chi connectivity index (χ3n) is 1.36. The first-order chi connectivity index (χ1) is 6.63. The highest BCUT2D eigenvalue weighted by molar-refractivity contribution is 6.38. The minimum Gasteiger partial charge on any atom is -0.411 e. The molecule has 1 aromatic rings. The molecule has 0 saturated carbocycles. The van der Waals surface area contributed by atoms with E-state index >= 15 is 0 Å². The molecule has 0 bridgehead atoms. The highest BCUT2D eigenvalue weighted by Crippen LogP contribution is 2.24. The number of hydrogen-bond acceptors (Lipinski definition) is 3. The Morgan fingerprint density at radius 1 is 1.50 bits per heavy atom. The van der Waals surface area contributed by atoms with E-state index in [9.17, 15) is 4.79 Å². The number of nitrogens with zero attached hydrogens (tertiary/aromatic N) is 1. The van der Waals surface area contributed by atoms with Gasteiger partial charge in [-0.1, -0.05) is 28.4 Å². The Hall–Kier alpha value is -1.26. The molecule has 0 aliphatic rings. The SMILES string of the molecule is O=C(C=NO)Nc1cc(Cl)ccc1Cl. The molecule has 14 heavy (non-hydrogen) atoms. The predicted molar refractivity (Wildman–Crippen MR) is 55.4 cm³/mol. The zero-order valence-corrected chi connectivity index (χ0v) is 8.38. The molecule has 0 heterocycles. The van der Waals surface area contributed by atoms with Crippen molar-refractivity contribution in [3.05, 3.63) is 28.2 Å². The quantitative estimate of drug-likeness (QED) is 0.468. The number of nitrogens with one attached hydrogen (secondary N) is 1. The second-order valence-electron chi connectivity index (χ2n) is 2.36. The van der Waals surface area contributed by atoms with E-state index in [1.54, 1.807) is 12.1 Å². The Balaban J connectivity index is 2.85. The largest absolute Gasteiger partial charge is 0.411 e. The normalized spacial score (nSPS) is 10.4. The van der Waals surface area contributed by atoms with Crippen LogP contribution in [0, 0.1) is 0 Å². The Bertz CT molecular complexity index is 380. The Labute approximate surface area is 90.1 Å². The molecular weight excluding hydrogens is 227 g/mol. The summed E-state index contributed by atoms with van der Waals surface area (Å²) in [5, 5.41) is 13.9. The van der Waals surface area contributed by atoms with Crippen LogP contribution in [-0.2, 0) is 4.79 Å². The van der Waals surface area contributed by atoms with Crippen molar-refractivity contribution in [1.82, 2.24) is 0 Å². The number of hydrogen-bond donors (Lipinski definition) is 2. The fourth-order valence-electron chi connectivity index (χ4n) is 0.811. The lowest BCUT2D eigenvalue weighted by Gasteiger charge is -2.04. The average molecular weight is 233 g/mol. The topological polar surface area (TPSA) is 61.7 Å². The van der Waals surface area contributed by atoms with Gasteiger partial charge in [-0.3, -0.25) is 4.79 Å². The fraction of sp³-hybridized carbons (Fsp3) is 0. The summed E-state index contributed by atoms with van der Waals surface area (Å²) in [6.45, 7) is 0. The van der Waals surface area contributed by atoms with Crippen LogP contribution >= 0.6 is 23.2 Å². The summed E-state index contributed by atoms with van der Waals surface area (Å²) in [6.07, 6.45) is 0.719. The number of rotatable bonds is 2. The molecule has 0 aliphatic carbocycles. The number of halogens is 2. The second kappa shape index (κ2) is 4.83. The molecule has 2 N–H and O–H groups in total. The number of anilines is 1. The lowest BCUT2D eigenvalue weighted by atomic mass is 10.3. The summed E-state index contributed by atoms with van der Waals surface area (Å²) < 4.78 is 0. The second-order valence-corrected chi connectivity index (χ2v) is 3.20. The molecule has 1 aromatic carbocycles. The van der Waals surface area contributed by atoms with E-state index in [-0.39, 0.29) is 0 Å². The van der Waals surface area contributed by atoms with Gasteiger partial charge in [0.2, 0.25) is 0 Å². The highest BCUT2D eigenvalue weighted by Gasteiger charge is 2.04. The maximum Gasteiger partial charge on any atom is 0.270 e. The van der Waals surface area contributed by atoms with Gasteiger partial charge in [0, 0.05) is 5.02 Å². The van der Waals surface area contributed by atoms with Gasteiger partial charge in [-0.25, -0.2) is 0 Å².